The molecule has 0 spiro atoms. The molecule has 0 heterocycles. The number of unbranched alkanes of at least 4 members (excludes halogenated alkanes) is 1. The molecule has 0 atom stereocenters. The van der Waals surface area contributed by atoms with Crippen LogP contribution in [-0.2, 0) is 4.74 Å². The van der Waals surface area contributed by atoms with E-state index in [2.05, 4.69) is 20.0 Å². The lowest BCUT2D eigenvalue weighted by molar-refractivity contribution is 0.000660. The summed E-state index contributed by atoms with van der Waals surface area (Å²) in [6.07, 6.45) is 21.8. The van der Waals surface area contributed by atoms with E-state index >= 15 is 0 Å². The van der Waals surface area contributed by atoms with Crippen molar-refractivity contribution in [3.8, 4) is 0 Å². The van der Waals surface area contributed by atoms with Gasteiger partial charge >= 0.3 is 0 Å². The van der Waals surface area contributed by atoms with E-state index in [1.807, 2.05) is 0 Å². The van der Waals surface area contributed by atoms with Gasteiger partial charge in [0, 0.05) is 13.2 Å². The molecular formula is C27H52O2Si. The molecule has 3 saturated carbocycles. The number of ether oxygens (including phenoxy) is 1. The van der Waals surface area contributed by atoms with Crippen molar-refractivity contribution < 1.29 is 9.84 Å². The summed E-state index contributed by atoms with van der Waals surface area (Å²) >= 11 is 0. The maximum atomic E-state index is 8.92. The van der Waals surface area contributed by atoms with Crippen molar-refractivity contribution in [3.05, 3.63) is 0 Å². The van der Waals surface area contributed by atoms with E-state index in [-0.39, 0.29) is 6.61 Å². The smallest absolute Gasteiger partial charge is 0.0575 e. The van der Waals surface area contributed by atoms with Crippen molar-refractivity contribution in [2.45, 2.75) is 134 Å². The summed E-state index contributed by atoms with van der Waals surface area (Å²) in [5.41, 5.74) is 1.12. The lowest BCUT2D eigenvalue weighted by atomic mass is 9.66. The van der Waals surface area contributed by atoms with Crippen LogP contribution in [0.4, 0.5) is 0 Å². The van der Waals surface area contributed by atoms with Crippen molar-refractivity contribution in [1.82, 2.24) is 0 Å². The predicted octanol–water partition coefficient (Wildman–Crippen LogP) is 7.82. The molecule has 0 radical (unpaired) electrons. The Morgan fingerprint density at radius 3 is 1.63 bits per heavy atom. The predicted molar refractivity (Wildman–Crippen MR) is 132 cm³/mol. The van der Waals surface area contributed by atoms with Crippen molar-refractivity contribution in [2.24, 2.45) is 23.7 Å². The lowest BCUT2D eigenvalue weighted by Gasteiger charge is -2.43. The van der Waals surface area contributed by atoms with E-state index in [0.717, 1.165) is 42.2 Å². The monoisotopic (exact) mass is 436 g/mol. The van der Waals surface area contributed by atoms with Gasteiger partial charge in [0.15, 0.2) is 0 Å². The molecular weight excluding hydrogens is 384 g/mol. The molecule has 1 N–H and O–H groups in total. The Hall–Kier alpha value is 0.137. The second kappa shape index (κ2) is 12.4. The van der Waals surface area contributed by atoms with Gasteiger partial charge in [0.1, 0.15) is 0 Å². The maximum absolute atomic E-state index is 8.92. The number of hydrogen-bond donors (Lipinski definition) is 1. The quantitative estimate of drug-likeness (QED) is 0.279. The van der Waals surface area contributed by atoms with Gasteiger partial charge in [0.05, 0.1) is 14.2 Å². The van der Waals surface area contributed by atoms with Gasteiger partial charge in [-0.05, 0) is 87.0 Å². The summed E-state index contributed by atoms with van der Waals surface area (Å²) in [5.74, 6) is 4.11. The van der Waals surface area contributed by atoms with E-state index < -0.39 is 8.07 Å². The highest BCUT2D eigenvalue weighted by Crippen LogP contribution is 2.48. The van der Waals surface area contributed by atoms with Crippen LogP contribution in [0.5, 0.6) is 0 Å². The normalized spacial score (nSPS) is 36.0. The molecule has 0 amide bonds. The topological polar surface area (TPSA) is 29.5 Å². The minimum absolute atomic E-state index is 0.263. The first-order chi connectivity index (χ1) is 14.5. The van der Waals surface area contributed by atoms with E-state index in [1.54, 1.807) is 31.7 Å². The zero-order valence-electron chi connectivity index (χ0n) is 20.5. The maximum Gasteiger partial charge on any atom is 0.0575 e. The van der Waals surface area contributed by atoms with Crippen LogP contribution >= 0.6 is 0 Å². The summed E-state index contributed by atoms with van der Waals surface area (Å²) in [4.78, 5) is 0. The number of hydrogen-bond acceptors (Lipinski definition) is 2. The average Bonchev–Trinajstić information content (AvgIpc) is 2.79. The molecule has 3 aliphatic rings. The SMILES string of the molecule is CCCC[Si](C)(C)C1CCC(C2CCC(C3CCC(OCCCO)CC3)CC2)CC1. The van der Waals surface area contributed by atoms with E-state index in [0.29, 0.717) is 6.10 Å². The molecule has 30 heavy (non-hydrogen) atoms. The van der Waals surface area contributed by atoms with Crippen LogP contribution < -0.4 is 0 Å². The highest BCUT2D eigenvalue weighted by Gasteiger charge is 2.38. The first-order valence-electron chi connectivity index (χ1n) is 13.8. The highest BCUT2D eigenvalue weighted by atomic mass is 28.3. The van der Waals surface area contributed by atoms with Crippen molar-refractivity contribution in [2.75, 3.05) is 13.2 Å². The number of aliphatic hydroxyl groups is 1. The molecule has 0 saturated heterocycles. The Morgan fingerprint density at radius 1 is 0.700 bits per heavy atom. The Morgan fingerprint density at radius 2 is 1.17 bits per heavy atom. The van der Waals surface area contributed by atoms with Gasteiger partial charge in [-0.2, -0.15) is 0 Å². The van der Waals surface area contributed by atoms with Crippen LogP contribution in [0.1, 0.15) is 103 Å². The minimum Gasteiger partial charge on any atom is -0.396 e. The average molecular weight is 437 g/mol. The van der Waals surface area contributed by atoms with Crippen LogP contribution in [0.2, 0.25) is 24.7 Å². The molecule has 0 bridgehead atoms. The first kappa shape index (κ1) is 24.8. The number of aliphatic hydroxyl groups excluding tert-OH is 1. The zero-order valence-corrected chi connectivity index (χ0v) is 21.5. The Labute approximate surface area is 188 Å². The van der Waals surface area contributed by atoms with Crippen LogP contribution in [0.3, 0.4) is 0 Å². The standard InChI is InChI=1S/C27H52O2Si/c1-4-5-21-30(2,3)27-17-13-25(14-18-27)23-9-7-22(8-10-23)24-11-15-26(16-12-24)29-20-6-19-28/h22-28H,4-21H2,1-3H3. The van der Waals surface area contributed by atoms with Gasteiger partial charge in [-0.1, -0.05) is 64.6 Å². The molecule has 3 aliphatic carbocycles. The van der Waals surface area contributed by atoms with E-state index in [9.17, 15) is 0 Å². The van der Waals surface area contributed by atoms with Crippen LogP contribution in [0.25, 0.3) is 0 Å². The molecule has 3 rings (SSSR count). The van der Waals surface area contributed by atoms with Crippen LogP contribution in [0, 0.1) is 23.7 Å². The molecule has 0 aromatic carbocycles. The van der Waals surface area contributed by atoms with Gasteiger partial charge in [0.25, 0.3) is 0 Å². The summed E-state index contributed by atoms with van der Waals surface area (Å²) in [7, 11) is -0.975. The van der Waals surface area contributed by atoms with E-state index in [1.165, 1.54) is 64.2 Å². The van der Waals surface area contributed by atoms with Gasteiger partial charge in [-0.3, -0.25) is 0 Å². The van der Waals surface area contributed by atoms with Crippen LogP contribution in [-0.4, -0.2) is 32.5 Å². The van der Waals surface area contributed by atoms with Gasteiger partial charge < -0.3 is 9.84 Å². The fourth-order valence-electron chi connectivity index (χ4n) is 7.34. The Bertz CT molecular complexity index is 455. The lowest BCUT2D eigenvalue weighted by Crippen LogP contribution is -2.36. The summed E-state index contributed by atoms with van der Waals surface area (Å²) < 4.78 is 5.95. The van der Waals surface area contributed by atoms with E-state index in [4.69, 9.17) is 9.84 Å². The van der Waals surface area contributed by atoms with Crippen LogP contribution in [0.15, 0.2) is 0 Å². The largest absolute Gasteiger partial charge is 0.396 e. The molecule has 0 unspecified atom stereocenters. The molecule has 0 aromatic rings. The Balaban J connectivity index is 1.34. The highest BCUT2D eigenvalue weighted by molar-refractivity contribution is 6.78. The Kier molecular flexibility index (Phi) is 10.2. The van der Waals surface area contributed by atoms with Crippen molar-refractivity contribution in [1.29, 1.82) is 0 Å². The van der Waals surface area contributed by atoms with Crippen molar-refractivity contribution >= 4 is 8.07 Å². The fraction of sp³-hybridized carbons (Fsp3) is 1.00. The van der Waals surface area contributed by atoms with Gasteiger partial charge in [-0.15, -0.1) is 0 Å². The zero-order chi connectivity index (χ0) is 21.4. The molecule has 0 aliphatic heterocycles. The molecule has 0 aromatic heterocycles. The molecule has 3 fully saturated rings. The first-order valence-corrected chi connectivity index (χ1v) is 17.0. The molecule has 3 heteroatoms. The third kappa shape index (κ3) is 7.07. The van der Waals surface area contributed by atoms with Crippen molar-refractivity contribution in [3.63, 3.8) is 0 Å². The summed E-state index contributed by atoms with van der Waals surface area (Å²) in [6, 6.07) is 1.57. The van der Waals surface area contributed by atoms with Gasteiger partial charge in [-0.25, -0.2) is 0 Å². The second-order valence-electron chi connectivity index (χ2n) is 11.9. The summed E-state index contributed by atoms with van der Waals surface area (Å²) in [5, 5.41) is 8.92. The third-order valence-electron chi connectivity index (χ3n) is 9.58. The second-order valence-corrected chi connectivity index (χ2v) is 17.2. The third-order valence-corrected chi connectivity index (χ3v) is 14.0. The summed E-state index contributed by atoms with van der Waals surface area (Å²) in [6.45, 7) is 8.74. The number of rotatable bonds is 10. The van der Waals surface area contributed by atoms with Gasteiger partial charge in [0.2, 0.25) is 0 Å². The molecule has 176 valence electrons. The minimum atomic E-state index is -0.975. The molecule has 2 nitrogen and oxygen atoms in total. The fourth-order valence-corrected chi connectivity index (χ4v) is 10.9.